The lowest BCUT2D eigenvalue weighted by Crippen LogP contribution is -2.49. The maximum atomic E-state index is 12.6. The Morgan fingerprint density at radius 2 is 2.24 bits per heavy atom. The number of H-pyrrole nitrogens is 1. The molecule has 2 heterocycles. The number of aromatic amines is 1. The van der Waals surface area contributed by atoms with E-state index in [1.807, 2.05) is 36.1 Å². The van der Waals surface area contributed by atoms with E-state index in [1.54, 1.807) is 0 Å². The first kappa shape index (κ1) is 17.5. The van der Waals surface area contributed by atoms with E-state index in [0.29, 0.717) is 31.6 Å². The van der Waals surface area contributed by atoms with Crippen molar-refractivity contribution in [3.05, 3.63) is 35.5 Å². The van der Waals surface area contributed by atoms with Gasteiger partial charge in [-0.1, -0.05) is 18.2 Å². The predicted octanol–water partition coefficient (Wildman–Crippen LogP) is 1.94. The Labute approximate surface area is 147 Å². The number of aryl methyl sites for hydroxylation is 1. The first-order valence-corrected chi connectivity index (χ1v) is 8.95. The van der Waals surface area contributed by atoms with Crippen molar-refractivity contribution in [3.63, 3.8) is 0 Å². The lowest BCUT2D eigenvalue weighted by molar-refractivity contribution is -0.132. The second kappa shape index (κ2) is 7.70. The molecule has 134 valence electrons. The summed E-state index contributed by atoms with van der Waals surface area (Å²) in [6.07, 6.45) is 3.00. The Morgan fingerprint density at radius 3 is 3.00 bits per heavy atom. The summed E-state index contributed by atoms with van der Waals surface area (Å²) in [6.45, 7) is 3.89. The number of likely N-dealkylation sites (tertiary alicyclic amines) is 1. The fourth-order valence-corrected chi connectivity index (χ4v) is 3.43. The first-order valence-electron chi connectivity index (χ1n) is 8.95. The van der Waals surface area contributed by atoms with Crippen LogP contribution in [0.5, 0.6) is 0 Å². The van der Waals surface area contributed by atoms with Gasteiger partial charge < -0.3 is 20.9 Å². The number of nitrogens with one attached hydrogen (secondary N) is 2. The summed E-state index contributed by atoms with van der Waals surface area (Å²) in [5.74, 6) is 0.0162. The fourth-order valence-electron chi connectivity index (χ4n) is 3.43. The molecule has 1 aliphatic heterocycles. The second-order valence-corrected chi connectivity index (χ2v) is 6.77. The van der Waals surface area contributed by atoms with Gasteiger partial charge in [-0.05, 0) is 44.4 Å². The monoisotopic (exact) mass is 342 g/mol. The van der Waals surface area contributed by atoms with Crippen LogP contribution in [0, 0.1) is 6.92 Å². The summed E-state index contributed by atoms with van der Waals surface area (Å²) in [5.41, 5.74) is 8.15. The molecule has 0 radical (unpaired) electrons. The maximum absolute atomic E-state index is 12.6. The molecule has 6 heteroatoms. The van der Waals surface area contributed by atoms with Gasteiger partial charge in [0.05, 0.1) is 0 Å². The van der Waals surface area contributed by atoms with Crippen molar-refractivity contribution >= 4 is 22.7 Å². The van der Waals surface area contributed by atoms with Gasteiger partial charge in [0, 0.05) is 36.5 Å². The normalized spacial score (nSPS) is 17.7. The third kappa shape index (κ3) is 4.02. The van der Waals surface area contributed by atoms with E-state index in [9.17, 15) is 9.59 Å². The maximum Gasteiger partial charge on any atom is 0.268 e. The Balaban J connectivity index is 1.63. The molecule has 25 heavy (non-hydrogen) atoms. The van der Waals surface area contributed by atoms with Gasteiger partial charge in [-0.15, -0.1) is 0 Å². The van der Waals surface area contributed by atoms with Gasteiger partial charge in [0.15, 0.2) is 0 Å². The molecule has 0 spiro atoms. The third-order valence-electron chi connectivity index (χ3n) is 4.81. The van der Waals surface area contributed by atoms with Crippen LogP contribution < -0.4 is 11.1 Å². The lowest BCUT2D eigenvalue weighted by atomic mass is 10.0. The van der Waals surface area contributed by atoms with Crippen LogP contribution in [0.1, 0.15) is 41.7 Å². The molecule has 1 unspecified atom stereocenters. The molecule has 0 aliphatic carbocycles. The molecular formula is C19H26N4O2. The van der Waals surface area contributed by atoms with Crippen LogP contribution >= 0.6 is 0 Å². The molecule has 1 saturated heterocycles. The Kier molecular flexibility index (Phi) is 5.38. The summed E-state index contributed by atoms with van der Waals surface area (Å²) in [5, 5.41) is 4.10. The number of hydrogen-bond donors (Lipinski definition) is 3. The predicted molar refractivity (Wildman–Crippen MR) is 98.4 cm³/mol. The van der Waals surface area contributed by atoms with Crippen molar-refractivity contribution in [3.8, 4) is 0 Å². The average Bonchev–Trinajstić information content (AvgIpc) is 3.06. The molecule has 1 aliphatic rings. The van der Waals surface area contributed by atoms with Crippen molar-refractivity contribution in [2.75, 3.05) is 19.6 Å². The number of carbonyl (C=O) groups is 2. The van der Waals surface area contributed by atoms with E-state index < -0.39 is 0 Å². The largest absolute Gasteiger partial charge is 0.350 e. The minimum atomic E-state index is -0.114. The van der Waals surface area contributed by atoms with Crippen LogP contribution in [0.2, 0.25) is 0 Å². The van der Waals surface area contributed by atoms with Gasteiger partial charge in [-0.2, -0.15) is 0 Å². The second-order valence-electron chi connectivity index (χ2n) is 6.77. The number of amides is 2. The highest BCUT2D eigenvalue weighted by Crippen LogP contribution is 2.19. The summed E-state index contributed by atoms with van der Waals surface area (Å²) in [7, 11) is 0. The van der Waals surface area contributed by atoms with Gasteiger partial charge in [-0.3, -0.25) is 9.59 Å². The SMILES string of the molecule is Cc1cccc2cc(C(=O)NC3CCCN(C(=O)CCCN)C3)[nH]c12. The Hall–Kier alpha value is -2.34. The zero-order valence-corrected chi connectivity index (χ0v) is 14.7. The highest BCUT2D eigenvalue weighted by atomic mass is 16.2. The molecular weight excluding hydrogens is 316 g/mol. The molecule has 1 aromatic heterocycles. The van der Waals surface area contributed by atoms with Gasteiger partial charge in [0.25, 0.3) is 5.91 Å². The van der Waals surface area contributed by atoms with E-state index in [0.717, 1.165) is 35.9 Å². The van der Waals surface area contributed by atoms with Gasteiger partial charge in [-0.25, -0.2) is 0 Å². The number of nitrogens with zero attached hydrogens (tertiary/aromatic N) is 1. The van der Waals surface area contributed by atoms with Gasteiger partial charge >= 0.3 is 0 Å². The lowest BCUT2D eigenvalue weighted by Gasteiger charge is -2.33. The van der Waals surface area contributed by atoms with Crippen molar-refractivity contribution in [2.24, 2.45) is 5.73 Å². The molecule has 0 bridgehead atoms. The summed E-state index contributed by atoms with van der Waals surface area (Å²) in [6, 6.07) is 7.88. The minimum absolute atomic E-state index is 0.00409. The minimum Gasteiger partial charge on any atom is -0.350 e. The van der Waals surface area contributed by atoms with Crippen LogP contribution in [0.3, 0.4) is 0 Å². The topological polar surface area (TPSA) is 91.2 Å². The van der Waals surface area contributed by atoms with Crippen LogP contribution in [0.4, 0.5) is 0 Å². The molecule has 2 aromatic rings. The van der Waals surface area contributed by atoms with Crippen LogP contribution in [0.15, 0.2) is 24.3 Å². The van der Waals surface area contributed by atoms with E-state index in [4.69, 9.17) is 5.73 Å². The number of rotatable bonds is 5. The summed E-state index contributed by atoms with van der Waals surface area (Å²) >= 11 is 0. The first-order chi connectivity index (χ1) is 12.1. The quantitative estimate of drug-likeness (QED) is 0.775. The van der Waals surface area contributed by atoms with Crippen LogP contribution in [0.25, 0.3) is 10.9 Å². The molecule has 1 aromatic carbocycles. The third-order valence-corrected chi connectivity index (χ3v) is 4.81. The van der Waals surface area contributed by atoms with Gasteiger partial charge in [0.1, 0.15) is 5.69 Å². The van der Waals surface area contributed by atoms with Crippen molar-refractivity contribution < 1.29 is 9.59 Å². The number of nitrogens with two attached hydrogens (primary N) is 1. The number of fused-ring (bicyclic) bond motifs is 1. The van der Waals surface area contributed by atoms with E-state index in [-0.39, 0.29) is 17.9 Å². The number of para-hydroxylation sites is 1. The molecule has 1 atom stereocenters. The number of aromatic nitrogens is 1. The zero-order chi connectivity index (χ0) is 17.8. The van der Waals surface area contributed by atoms with E-state index in [1.165, 1.54) is 0 Å². The Morgan fingerprint density at radius 1 is 1.40 bits per heavy atom. The molecule has 2 amide bonds. The van der Waals surface area contributed by atoms with Gasteiger partial charge in [0.2, 0.25) is 5.91 Å². The van der Waals surface area contributed by atoms with Crippen molar-refractivity contribution in [1.29, 1.82) is 0 Å². The smallest absolute Gasteiger partial charge is 0.268 e. The van der Waals surface area contributed by atoms with E-state index in [2.05, 4.69) is 10.3 Å². The molecule has 4 N–H and O–H groups in total. The van der Waals surface area contributed by atoms with Crippen LogP contribution in [-0.2, 0) is 4.79 Å². The summed E-state index contributed by atoms with van der Waals surface area (Å²) < 4.78 is 0. The summed E-state index contributed by atoms with van der Waals surface area (Å²) in [4.78, 5) is 29.8. The molecule has 1 fully saturated rings. The van der Waals surface area contributed by atoms with Crippen molar-refractivity contribution in [1.82, 2.24) is 15.2 Å². The standard InChI is InChI=1S/C19H26N4O2/c1-13-5-2-6-14-11-16(22-18(13)14)19(25)21-15-7-4-10-23(12-15)17(24)8-3-9-20/h2,5-6,11,15,22H,3-4,7-10,12,20H2,1H3,(H,21,25). The molecule has 6 nitrogen and oxygen atoms in total. The fraction of sp³-hybridized carbons (Fsp3) is 0.474. The number of piperidine rings is 1. The average molecular weight is 342 g/mol. The van der Waals surface area contributed by atoms with Crippen molar-refractivity contribution in [2.45, 2.75) is 38.6 Å². The highest BCUT2D eigenvalue weighted by Gasteiger charge is 2.25. The van der Waals surface area contributed by atoms with Crippen LogP contribution in [-0.4, -0.2) is 47.4 Å². The Bertz CT molecular complexity index is 768. The zero-order valence-electron chi connectivity index (χ0n) is 14.7. The molecule has 3 rings (SSSR count). The van der Waals surface area contributed by atoms with E-state index >= 15 is 0 Å². The molecule has 0 saturated carbocycles. The number of carbonyl (C=O) groups excluding carboxylic acids is 2. The number of benzene rings is 1. The highest BCUT2D eigenvalue weighted by molar-refractivity contribution is 5.98. The number of hydrogen-bond acceptors (Lipinski definition) is 3.